The van der Waals surface area contributed by atoms with E-state index in [1.165, 1.54) is 62.0 Å². The molecule has 0 nitrogen and oxygen atoms in total. The largest absolute Gasteiger partial charge is 0.140 e. The molecule has 0 N–H and O–H groups in total. The predicted molar refractivity (Wildman–Crippen MR) is 126 cm³/mol. The van der Waals surface area contributed by atoms with Gasteiger partial charge in [-0.1, -0.05) is 89.9 Å². The number of hydrogen-bond acceptors (Lipinski definition) is 0. The molecule has 138 valence electrons. The average molecular weight is 362 g/mol. The van der Waals surface area contributed by atoms with Gasteiger partial charge in [0.2, 0.25) is 0 Å². The van der Waals surface area contributed by atoms with Crippen LogP contribution in [0.3, 0.4) is 0 Å². The molecule has 0 saturated carbocycles. The highest BCUT2D eigenvalue weighted by Gasteiger charge is 2.21. The summed E-state index contributed by atoms with van der Waals surface area (Å²) in [5.41, 5.74) is 13.6. The molecule has 28 heavy (non-hydrogen) atoms. The molecule has 4 rings (SSSR count). The Bertz CT molecular complexity index is 1070. The van der Waals surface area contributed by atoms with Crippen LogP contribution in [-0.2, 0) is 6.42 Å². The van der Waals surface area contributed by atoms with Crippen LogP contribution in [0.5, 0.6) is 0 Å². The first-order valence-corrected chi connectivity index (χ1v) is 10.2. The fourth-order valence-corrected chi connectivity index (χ4v) is 4.41. The second kappa shape index (κ2) is 7.68. The van der Waals surface area contributed by atoms with Gasteiger partial charge in [0.15, 0.2) is 0 Å². The normalized spacial score (nSPS) is 13.8. The Morgan fingerprint density at radius 1 is 0.821 bits per heavy atom. The maximum atomic E-state index is 3.96. The van der Waals surface area contributed by atoms with E-state index in [1.54, 1.807) is 0 Å². The first-order chi connectivity index (χ1) is 13.6. The molecule has 0 amide bonds. The van der Waals surface area contributed by atoms with E-state index in [1.807, 2.05) is 6.08 Å². The van der Waals surface area contributed by atoms with Crippen LogP contribution in [0, 0.1) is 13.8 Å². The molecular weight excluding hydrogens is 335 g/mol. The Labute approximate surface area is 170 Å². The number of rotatable bonds is 3. The predicted octanol–water partition coefficient (Wildman–Crippen LogP) is 5.50. The molecule has 0 unspecified atom stereocenters. The van der Waals surface area contributed by atoms with Crippen LogP contribution < -0.4 is 5.46 Å². The van der Waals surface area contributed by atoms with Crippen molar-refractivity contribution in [1.82, 2.24) is 0 Å². The summed E-state index contributed by atoms with van der Waals surface area (Å²) < 4.78 is 0. The van der Waals surface area contributed by atoms with E-state index in [4.69, 9.17) is 0 Å². The van der Waals surface area contributed by atoms with Crippen molar-refractivity contribution < 1.29 is 0 Å². The molecule has 0 aromatic heterocycles. The van der Waals surface area contributed by atoms with Gasteiger partial charge in [-0.25, -0.2) is 0 Å². The lowest BCUT2D eigenvalue weighted by Gasteiger charge is -2.19. The smallest absolute Gasteiger partial charge is 0.0985 e. The lowest BCUT2D eigenvalue weighted by Crippen LogP contribution is -2.11. The SMILES string of the molecule is Bc1cc(C)ccc1C1=C(c2ccc(C)cc2)c2ccc(C=C)cc2CCC1. The first kappa shape index (κ1) is 18.6. The molecule has 0 aliphatic heterocycles. The Balaban J connectivity index is 2.02. The molecular formula is C27H27B. The summed E-state index contributed by atoms with van der Waals surface area (Å²) in [6.45, 7) is 8.29. The third-order valence-electron chi connectivity index (χ3n) is 5.86. The van der Waals surface area contributed by atoms with Crippen molar-refractivity contribution >= 4 is 30.5 Å². The van der Waals surface area contributed by atoms with Gasteiger partial charge in [0.1, 0.15) is 7.85 Å². The van der Waals surface area contributed by atoms with E-state index >= 15 is 0 Å². The van der Waals surface area contributed by atoms with Gasteiger partial charge in [0.05, 0.1) is 0 Å². The zero-order valence-electron chi connectivity index (χ0n) is 17.2. The molecule has 0 bridgehead atoms. The van der Waals surface area contributed by atoms with Crippen molar-refractivity contribution in [2.45, 2.75) is 33.1 Å². The highest BCUT2D eigenvalue weighted by molar-refractivity contribution is 6.35. The molecule has 1 aliphatic rings. The van der Waals surface area contributed by atoms with Gasteiger partial charge in [0.25, 0.3) is 0 Å². The summed E-state index contributed by atoms with van der Waals surface area (Å²) in [7, 11) is 2.24. The number of allylic oxidation sites excluding steroid dienone is 1. The van der Waals surface area contributed by atoms with Crippen LogP contribution >= 0.6 is 0 Å². The van der Waals surface area contributed by atoms with Crippen LogP contribution in [0.15, 0.2) is 67.2 Å². The van der Waals surface area contributed by atoms with Gasteiger partial charge in [-0.2, -0.15) is 0 Å². The van der Waals surface area contributed by atoms with E-state index in [0.717, 1.165) is 12.8 Å². The summed E-state index contributed by atoms with van der Waals surface area (Å²) in [5.74, 6) is 0. The summed E-state index contributed by atoms with van der Waals surface area (Å²) in [6, 6.07) is 22.7. The molecule has 0 heterocycles. The van der Waals surface area contributed by atoms with Crippen LogP contribution in [0.25, 0.3) is 17.2 Å². The highest BCUT2D eigenvalue weighted by Crippen LogP contribution is 2.39. The van der Waals surface area contributed by atoms with Crippen LogP contribution in [0.2, 0.25) is 0 Å². The van der Waals surface area contributed by atoms with Crippen molar-refractivity contribution in [2.24, 2.45) is 0 Å². The summed E-state index contributed by atoms with van der Waals surface area (Å²) >= 11 is 0. The number of hydrogen-bond donors (Lipinski definition) is 0. The van der Waals surface area contributed by atoms with E-state index in [-0.39, 0.29) is 0 Å². The molecule has 0 saturated heterocycles. The van der Waals surface area contributed by atoms with Gasteiger partial charge in [-0.3, -0.25) is 0 Å². The number of benzene rings is 3. The highest BCUT2D eigenvalue weighted by atomic mass is 14.2. The molecule has 0 spiro atoms. The van der Waals surface area contributed by atoms with Crippen molar-refractivity contribution in [2.75, 3.05) is 0 Å². The molecule has 0 radical (unpaired) electrons. The monoisotopic (exact) mass is 362 g/mol. The fraction of sp³-hybridized carbons (Fsp3) is 0.185. The van der Waals surface area contributed by atoms with Gasteiger partial charge in [-0.05, 0) is 72.1 Å². The lowest BCUT2D eigenvalue weighted by molar-refractivity contribution is 0.860. The number of fused-ring (bicyclic) bond motifs is 1. The molecule has 3 aromatic rings. The van der Waals surface area contributed by atoms with Gasteiger partial charge in [-0.15, -0.1) is 0 Å². The van der Waals surface area contributed by atoms with E-state index in [9.17, 15) is 0 Å². The Hall–Kier alpha value is -2.80. The van der Waals surface area contributed by atoms with Gasteiger partial charge >= 0.3 is 0 Å². The van der Waals surface area contributed by atoms with Crippen molar-refractivity contribution in [1.29, 1.82) is 0 Å². The third kappa shape index (κ3) is 3.50. The summed E-state index contributed by atoms with van der Waals surface area (Å²) in [6.07, 6.45) is 5.34. The first-order valence-electron chi connectivity index (χ1n) is 10.2. The van der Waals surface area contributed by atoms with Crippen LogP contribution in [0.1, 0.15) is 51.8 Å². The molecule has 3 aromatic carbocycles. The van der Waals surface area contributed by atoms with Crippen LogP contribution in [0.4, 0.5) is 0 Å². The second-order valence-corrected chi connectivity index (χ2v) is 8.01. The maximum Gasteiger partial charge on any atom is 0.140 e. The van der Waals surface area contributed by atoms with E-state index in [0.29, 0.717) is 0 Å². The van der Waals surface area contributed by atoms with Gasteiger partial charge < -0.3 is 0 Å². The Morgan fingerprint density at radius 3 is 2.25 bits per heavy atom. The minimum absolute atomic E-state index is 1.10. The van der Waals surface area contributed by atoms with Crippen molar-refractivity contribution in [3.63, 3.8) is 0 Å². The molecule has 1 heteroatoms. The third-order valence-corrected chi connectivity index (χ3v) is 5.86. The van der Waals surface area contributed by atoms with Crippen molar-refractivity contribution in [3.8, 4) is 0 Å². The number of aryl methyl sites for hydroxylation is 3. The van der Waals surface area contributed by atoms with E-state index in [2.05, 4.69) is 88.9 Å². The molecule has 0 atom stereocenters. The van der Waals surface area contributed by atoms with Gasteiger partial charge in [0, 0.05) is 0 Å². The maximum absolute atomic E-state index is 3.96. The quantitative estimate of drug-likeness (QED) is 0.540. The minimum atomic E-state index is 1.10. The minimum Gasteiger partial charge on any atom is -0.0985 e. The topological polar surface area (TPSA) is 0 Å². The zero-order chi connectivity index (χ0) is 19.7. The zero-order valence-corrected chi connectivity index (χ0v) is 17.2. The Morgan fingerprint density at radius 2 is 1.54 bits per heavy atom. The lowest BCUT2D eigenvalue weighted by atomic mass is 9.80. The van der Waals surface area contributed by atoms with Crippen molar-refractivity contribution in [3.05, 3.63) is 106 Å². The molecule has 1 aliphatic carbocycles. The average Bonchev–Trinajstić information content (AvgIpc) is 2.87. The Kier molecular flexibility index (Phi) is 5.09. The molecule has 0 fully saturated rings. The fourth-order valence-electron chi connectivity index (χ4n) is 4.41. The summed E-state index contributed by atoms with van der Waals surface area (Å²) in [5, 5.41) is 0. The second-order valence-electron chi connectivity index (χ2n) is 8.01. The van der Waals surface area contributed by atoms with E-state index < -0.39 is 0 Å². The van der Waals surface area contributed by atoms with Crippen LogP contribution in [-0.4, -0.2) is 7.85 Å². The summed E-state index contributed by atoms with van der Waals surface area (Å²) in [4.78, 5) is 0. The standard InChI is InChI=1S/C27H27B/c1-4-20-11-15-23-22(17-20)6-5-7-25(24-14-10-19(3)16-26(24)28)27(23)21-12-8-18(2)9-13-21/h4,8-17H,1,5-7,28H2,2-3H3.